The molecule has 1 aliphatic rings. The smallest absolute Gasteiger partial charge is 0.324 e. The number of hydrogen-bond acceptors (Lipinski definition) is 4. The molecular formula is C12H19N3O5. The number of rotatable bonds is 8. The average Bonchev–Trinajstić information content (AvgIpc) is 2.69. The zero-order chi connectivity index (χ0) is 15.1. The first kappa shape index (κ1) is 15.9. The van der Waals surface area contributed by atoms with Gasteiger partial charge in [-0.25, -0.2) is 4.79 Å². The van der Waals surface area contributed by atoms with E-state index in [-0.39, 0.29) is 37.9 Å². The van der Waals surface area contributed by atoms with E-state index >= 15 is 0 Å². The van der Waals surface area contributed by atoms with Crippen molar-refractivity contribution in [1.29, 1.82) is 0 Å². The maximum atomic E-state index is 11.9. The molecule has 0 spiro atoms. The molecule has 8 heteroatoms. The number of urea groups is 1. The summed E-state index contributed by atoms with van der Waals surface area (Å²) in [5, 5.41) is 11.1. The third-order valence-corrected chi connectivity index (χ3v) is 2.88. The number of carboxylic acid groups (broad SMARTS) is 1. The number of carbonyl (C=O) groups excluding carboxylic acids is 3. The Hall–Kier alpha value is -2.12. The number of amides is 4. The Morgan fingerprint density at radius 1 is 1.40 bits per heavy atom. The van der Waals surface area contributed by atoms with Gasteiger partial charge in [0.1, 0.15) is 6.54 Å². The van der Waals surface area contributed by atoms with Crippen LogP contribution in [0.25, 0.3) is 0 Å². The summed E-state index contributed by atoms with van der Waals surface area (Å²) in [6.07, 6.45) is 1.12. The van der Waals surface area contributed by atoms with Gasteiger partial charge in [-0.05, 0) is 12.8 Å². The molecule has 112 valence electrons. The minimum absolute atomic E-state index is 0.00620. The number of aliphatic carboxylic acids is 1. The highest BCUT2D eigenvalue weighted by Gasteiger charge is 2.28. The molecule has 0 bridgehead atoms. The summed E-state index contributed by atoms with van der Waals surface area (Å²) < 4.78 is 0. The molecule has 1 heterocycles. The van der Waals surface area contributed by atoms with Crippen molar-refractivity contribution < 1.29 is 24.3 Å². The molecule has 1 saturated heterocycles. The molecule has 0 atom stereocenters. The van der Waals surface area contributed by atoms with Gasteiger partial charge >= 0.3 is 12.0 Å². The number of hydrogen-bond donors (Lipinski definition) is 2. The lowest BCUT2D eigenvalue weighted by atomic mass is 10.2. The highest BCUT2D eigenvalue weighted by molar-refractivity contribution is 6.01. The van der Waals surface area contributed by atoms with Crippen molar-refractivity contribution in [1.82, 2.24) is 15.1 Å². The highest BCUT2D eigenvalue weighted by atomic mass is 16.4. The first-order valence-electron chi connectivity index (χ1n) is 6.53. The zero-order valence-corrected chi connectivity index (χ0v) is 11.4. The Morgan fingerprint density at radius 2 is 2.10 bits per heavy atom. The molecule has 0 aromatic heterocycles. The van der Waals surface area contributed by atoms with Gasteiger partial charge < -0.3 is 15.3 Å². The first-order chi connectivity index (χ1) is 9.45. The summed E-state index contributed by atoms with van der Waals surface area (Å²) >= 11 is 0. The molecule has 2 N–H and O–H groups in total. The van der Waals surface area contributed by atoms with Gasteiger partial charge in [0.15, 0.2) is 0 Å². The maximum Gasteiger partial charge on any atom is 0.324 e. The van der Waals surface area contributed by atoms with Crippen LogP contribution in [0.5, 0.6) is 0 Å². The van der Waals surface area contributed by atoms with Gasteiger partial charge in [-0.1, -0.05) is 6.92 Å². The molecule has 4 amide bonds. The van der Waals surface area contributed by atoms with E-state index in [9.17, 15) is 19.2 Å². The number of nitrogens with one attached hydrogen (secondary N) is 1. The van der Waals surface area contributed by atoms with Crippen LogP contribution in [0.2, 0.25) is 0 Å². The molecular weight excluding hydrogens is 266 g/mol. The lowest BCUT2D eigenvalue weighted by molar-refractivity contribution is -0.144. The van der Waals surface area contributed by atoms with Crippen LogP contribution in [-0.4, -0.2) is 64.9 Å². The fourth-order valence-electron chi connectivity index (χ4n) is 1.95. The van der Waals surface area contributed by atoms with Crippen LogP contribution in [0.1, 0.15) is 26.2 Å². The maximum absolute atomic E-state index is 11.9. The predicted molar refractivity (Wildman–Crippen MR) is 68.9 cm³/mol. The quantitative estimate of drug-likeness (QED) is 0.592. The second-order valence-corrected chi connectivity index (χ2v) is 4.52. The Kier molecular flexibility index (Phi) is 5.95. The molecule has 0 saturated carbocycles. The molecule has 8 nitrogen and oxygen atoms in total. The molecule has 0 radical (unpaired) electrons. The van der Waals surface area contributed by atoms with Gasteiger partial charge in [-0.15, -0.1) is 0 Å². The molecule has 0 aromatic rings. The van der Waals surface area contributed by atoms with Crippen molar-refractivity contribution in [3.8, 4) is 0 Å². The molecule has 1 rings (SSSR count). The largest absolute Gasteiger partial charge is 0.480 e. The minimum atomic E-state index is -1.05. The average molecular weight is 285 g/mol. The van der Waals surface area contributed by atoms with Crippen LogP contribution >= 0.6 is 0 Å². The van der Waals surface area contributed by atoms with E-state index in [1.807, 2.05) is 6.92 Å². The molecule has 0 aromatic carbocycles. The van der Waals surface area contributed by atoms with E-state index < -0.39 is 12.0 Å². The van der Waals surface area contributed by atoms with E-state index in [0.717, 1.165) is 4.90 Å². The Morgan fingerprint density at radius 3 is 2.60 bits per heavy atom. The van der Waals surface area contributed by atoms with Crippen LogP contribution in [0.15, 0.2) is 0 Å². The Labute approximate surface area is 116 Å². The Balaban J connectivity index is 2.38. The van der Waals surface area contributed by atoms with Crippen molar-refractivity contribution >= 4 is 23.8 Å². The van der Waals surface area contributed by atoms with Crippen molar-refractivity contribution in [2.75, 3.05) is 26.2 Å². The molecule has 20 heavy (non-hydrogen) atoms. The highest BCUT2D eigenvalue weighted by Crippen LogP contribution is 2.05. The SMILES string of the molecule is CCCN(CC(=O)O)C(=O)CCCN1C(=O)CNC1=O. The van der Waals surface area contributed by atoms with Gasteiger partial charge in [0.05, 0.1) is 6.54 Å². The van der Waals surface area contributed by atoms with E-state index in [1.165, 1.54) is 4.90 Å². The van der Waals surface area contributed by atoms with Crippen molar-refractivity contribution in [2.24, 2.45) is 0 Å². The van der Waals surface area contributed by atoms with Crippen molar-refractivity contribution in [3.05, 3.63) is 0 Å². The van der Waals surface area contributed by atoms with E-state index in [2.05, 4.69) is 5.32 Å². The predicted octanol–water partition coefficient (Wildman–Crippen LogP) is -0.358. The fraction of sp³-hybridized carbons (Fsp3) is 0.667. The van der Waals surface area contributed by atoms with Gasteiger partial charge in [0, 0.05) is 19.5 Å². The van der Waals surface area contributed by atoms with Gasteiger partial charge in [0.2, 0.25) is 11.8 Å². The van der Waals surface area contributed by atoms with Gasteiger partial charge in [-0.2, -0.15) is 0 Å². The lowest BCUT2D eigenvalue weighted by Gasteiger charge is -2.20. The van der Waals surface area contributed by atoms with Crippen LogP contribution < -0.4 is 5.32 Å². The number of nitrogens with zero attached hydrogens (tertiary/aromatic N) is 2. The topological polar surface area (TPSA) is 107 Å². The summed E-state index contributed by atoms with van der Waals surface area (Å²) in [4.78, 5) is 47.4. The van der Waals surface area contributed by atoms with Crippen molar-refractivity contribution in [3.63, 3.8) is 0 Å². The number of carboxylic acids is 1. The van der Waals surface area contributed by atoms with Crippen LogP contribution in [0, 0.1) is 0 Å². The van der Waals surface area contributed by atoms with E-state index in [4.69, 9.17) is 5.11 Å². The normalized spacial score (nSPS) is 14.3. The summed E-state index contributed by atoms with van der Waals surface area (Å²) in [5.74, 6) is -1.64. The second kappa shape index (κ2) is 7.46. The number of carbonyl (C=O) groups is 4. The molecule has 0 unspecified atom stereocenters. The standard InChI is InChI=1S/C12H19N3O5/c1-2-5-14(8-11(18)19)9(16)4-3-6-15-10(17)7-13-12(15)20/h2-8H2,1H3,(H,13,20)(H,18,19). The summed E-state index contributed by atoms with van der Waals surface area (Å²) in [6, 6.07) is -0.446. The third kappa shape index (κ3) is 4.52. The van der Waals surface area contributed by atoms with E-state index in [0.29, 0.717) is 19.4 Å². The molecule has 1 fully saturated rings. The first-order valence-corrected chi connectivity index (χ1v) is 6.53. The Bertz CT molecular complexity index is 394. The minimum Gasteiger partial charge on any atom is -0.480 e. The third-order valence-electron chi connectivity index (χ3n) is 2.88. The van der Waals surface area contributed by atoms with E-state index in [1.54, 1.807) is 0 Å². The molecule has 0 aliphatic carbocycles. The van der Waals surface area contributed by atoms with Gasteiger partial charge in [0.25, 0.3) is 0 Å². The van der Waals surface area contributed by atoms with Crippen LogP contribution in [0.3, 0.4) is 0 Å². The van der Waals surface area contributed by atoms with Gasteiger partial charge in [-0.3, -0.25) is 19.3 Å². The van der Waals surface area contributed by atoms with Crippen LogP contribution in [-0.2, 0) is 14.4 Å². The second-order valence-electron chi connectivity index (χ2n) is 4.52. The lowest BCUT2D eigenvalue weighted by Crippen LogP contribution is -2.37. The summed E-state index contributed by atoms with van der Waals surface area (Å²) in [6.45, 7) is 2.08. The van der Waals surface area contributed by atoms with Crippen molar-refractivity contribution in [2.45, 2.75) is 26.2 Å². The number of imide groups is 1. The summed E-state index contributed by atoms with van der Waals surface area (Å²) in [7, 11) is 0. The zero-order valence-electron chi connectivity index (χ0n) is 11.4. The molecule has 1 aliphatic heterocycles. The monoisotopic (exact) mass is 285 g/mol. The van der Waals surface area contributed by atoms with Crippen LogP contribution in [0.4, 0.5) is 4.79 Å². The summed E-state index contributed by atoms with van der Waals surface area (Å²) in [5.41, 5.74) is 0. The fourth-order valence-corrected chi connectivity index (χ4v) is 1.95.